The Balaban J connectivity index is 2.88. The molecule has 1 N–H and O–H groups in total. The minimum Gasteiger partial charge on any atom is -0.481 e. The Kier molecular flexibility index (Phi) is 3.69. The molecular weight excluding hydrogens is 248 g/mol. The first-order chi connectivity index (χ1) is 6.50. The average molecular weight is 261 g/mol. The third kappa shape index (κ3) is 2.83. The van der Waals surface area contributed by atoms with Crippen LogP contribution in [0.1, 0.15) is 19.7 Å². The Morgan fingerprint density at radius 2 is 2.36 bits per heavy atom. The molecule has 0 fully saturated rings. The summed E-state index contributed by atoms with van der Waals surface area (Å²) in [5, 5.41) is 8.67. The first-order valence-corrected chi connectivity index (χ1v) is 5.21. The van der Waals surface area contributed by atoms with Crippen LogP contribution in [0.3, 0.4) is 0 Å². The lowest BCUT2D eigenvalue weighted by atomic mass is 10.2. The molecule has 4 nitrogen and oxygen atoms in total. The van der Waals surface area contributed by atoms with Crippen molar-refractivity contribution in [3.05, 3.63) is 16.6 Å². The van der Waals surface area contributed by atoms with Gasteiger partial charge >= 0.3 is 5.97 Å². The van der Waals surface area contributed by atoms with Crippen LogP contribution in [-0.2, 0) is 17.8 Å². The van der Waals surface area contributed by atoms with E-state index in [2.05, 4.69) is 34.8 Å². The van der Waals surface area contributed by atoms with Gasteiger partial charge in [-0.05, 0) is 21.8 Å². The third-order valence-corrected chi connectivity index (χ3v) is 2.38. The molecule has 0 unspecified atom stereocenters. The van der Waals surface area contributed by atoms with Crippen molar-refractivity contribution >= 4 is 21.9 Å². The highest BCUT2D eigenvalue weighted by molar-refractivity contribution is 9.10. The summed E-state index contributed by atoms with van der Waals surface area (Å²) in [5.74, 6) is 0.208. The van der Waals surface area contributed by atoms with Gasteiger partial charge in [-0.25, -0.2) is 4.98 Å². The molecule has 1 aromatic heterocycles. The molecule has 5 heteroatoms. The van der Waals surface area contributed by atoms with Gasteiger partial charge in [-0.15, -0.1) is 0 Å². The Morgan fingerprint density at radius 1 is 1.71 bits per heavy atom. The van der Waals surface area contributed by atoms with Gasteiger partial charge in [0.05, 0.1) is 6.20 Å². The molecule has 78 valence electrons. The number of aromatic nitrogens is 2. The van der Waals surface area contributed by atoms with Gasteiger partial charge in [0.25, 0.3) is 0 Å². The van der Waals surface area contributed by atoms with Crippen molar-refractivity contribution in [2.75, 3.05) is 0 Å². The zero-order valence-corrected chi connectivity index (χ0v) is 9.78. The van der Waals surface area contributed by atoms with Crippen LogP contribution in [0.5, 0.6) is 0 Å². The van der Waals surface area contributed by atoms with Crippen LogP contribution < -0.4 is 0 Å². The average Bonchev–Trinajstić information content (AvgIpc) is 2.34. The Labute approximate surface area is 91.1 Å². The fourth-order valence-electron chi connectivity index (χ4n) is 1.22. The van der Waals surface area contributed by atoms with Crippen molar-refractivity contribution in [2.24, 2.45) is 5.92 Å². The maximum atomic E-state index is 10.5. The van der Waals surface area contributed by atoms with Crippen molar-refractivity contribution in [1.29, 1.82) is 0 Å². The number of carbonyl (C=O) groups is 1. The standard InChI is InChI=1S/C9H13BrN2O2/c1-6(2)5-12-7(10)4-11-8(12)3-9(13)14/h4,6H,3,5H2,1-2H3,(H,13,14). The largest absolute Gasteiger partial charge is 0.481 e. The third-order valence-electron chi connectivity index (χ3n) is 1.75. The quantitative estimate of drug-likeness (QED) is 0.900. The van der Waals surface area contributed by atoms with Crippen LogP contribution in [0.2, 0.25) is 0 Å². The van der Waals surface area contributed by atoms with E-state index in [9.17, 15) is 4.79 Å². The zero-order chi connectivity index (χ0) is 10.7. The number of hydrogen-bond donors (Lipinski definition) is 1. The summed E-state index contributed by atoms with van der Waals surface area (Å²) in [6.45, 7) is 4.94. The van der Waals surface area contributed by atoms with Crippen LogP contribution in [0, 0.1) is 5.92 Å². The molecule has 0 saturated carbocycles. The predicted octanol–water partition coefficient (Wildman–Crippen LogP) is 1.93. The normalized spacial score (nSPS) is 10.9. The lowest BCUT2D eigenvalue weighted by Crippen LogP contribution is -2.12. The highest BCUT2D eigenvalue weighted by atomic mass is 79.9. The molecule has 0 aliphatic carbocycles. The topological polar surface area (TPSA) is 55.1 Å². The number of halogens is 1. The summed E-state index contributed by atoms with van der Waals surface area (Å²) in [5.41, 5.74) is 0. The number of carboxylic acid groups (broad SMARTS) is 1. The molecular formula is C9H13BrN2O2. The molecule has 0 amide bonds. The molecule has 1 aromatic rings. The van der Waals surface area contributed by atoms with Crippen molar-refractivity contribution in [3.63, 3.8) is 0 Å². The minimum atomic E-state index is -0.854. The lowest BCUT2D eigenvalue weighted by Gasteiger charge is -2.10. The van der Waals surface area contributed by atoms with Crippen LogP contribution >= 0.6 is 15.9 Å². The second-order valence-corrected chi connectivity index (χ2v) is 4.38. The molecule has 1 heterocycles. The Hall–Kier alpha value is -0.840. The molecule has 0 saturated heterocycles. The highest BCUT2D eigenvalue weighted by Gasteiger charge is 2.11. The van der Waals surface area contributed by atoms with Gasteiger partial charge in [0.1, 0.15) is 16.8 Å². The molecule has 1 rings (SSSR count). The Morgan fingerprint density at radius 3 is 2.86 bits per heavy atom. The summed E-state index contributed by atoms with van der Waals surface area (Å²) in [4.78, 5) is 14.6. The van der Waals surface area contributed by atoms with Gasteiger partial charge in [0.15, 0.2) is 0 Å². The summed E-state index contributed by atoms with van der Waals surface area (Å²) < 4.78 is 2.72. The molecule has 0 bridgehead atoms. The second-order valence-electron chi connectivity index (χ2n) is 3.57. The van der Waals surface area contributed by atoms with Crippen LogP contribution in [0.4, 0.5) is 0 Å². The highest BCUT2D eigenvalue weighted by Crippen LogP contribution is 2.15. The van der Waals surface area contributed by atoms with E-state index in [0.29, 0.717) is 11.7 Å². The van der Waals surface area contributed by atoms with Crippen molar-refractivity contribution in [2.45, 2.75) is 26.8 Å². The van der Waals surface area contributed by atoms with Gasteiger partial charge in [-0.3, -0.25) is 4.79 Å². The number of rotatable bonds is 4. The van der Waals surface area contributed by atoms with E-state index < -0.39 is 5.97 Å². The van der Waals surface area contributed by atoms with Crippen LogP contribution in [0.15, 0.2) is 10.8 Å². The van der Waals surface area contributed by atoms with Gasteiger partial charge in [0, 0.05) is 6.54 Å². The number of nitrogens with zero attached hydrogens (tertiary/aromatic N) is 2. The number of hydrogen-bond acceptors (Lipinski definition) is 2. The second kappa shape index (κ2) is 4.59. The maximum absolute atomic E-state index is 10.5. The van der Waals surface area contributed by atoms with E-state index in [4.69, 9.17) is 5.11 Å². The van der Waals surface area contributed by atoms with E-state index in [1.165, 1.54) is 0 Å². The van der Waals surface area contributed by atoms with Crippen molar-refractivity contribution in [1.82, 2.24) is 9.55 Å². The summed E-state index contributed by atoms with van der Waals surface area (Å²) in [7, 11) is 0. The summed E-state index contributed by atoms with van der Waals surface area (Å²) in [6, 6.07) is 0. The molecule has 0 atom stereocenters. The maximum Gasteiger partial charge on any atom is 0.311 e. The predicted molar refractivity (Wildman–Crippen MR) is 56.1 cm³/mol. The number of aliphatic carboxylic acids is 1. The van der Waals surface area contributed by atoms with E-state index in [-0.39, 0.29) is 6.42 Å². The molecule has 0 aliphatic rings. The van der Waals surface area contributed by atoms with Crippen LogP contribution in [-0.4, -0.2) is 20.6 Å². The first kappa shape index (κ1) is 11.2. The molecule has 0 spiro atoms. The van der Waals surface area contributed by atoms with Gasteiger partial charge in [-0.1, -0.05) is 13.8 Å². The van der Waals surface area contributed by atoms with E-state index in [0.717, 1.165) is 11.1 Å². The number of carboxylic acids is 1. The SMILES string of the molecule is CC(C)Cn1c(Br)cnc1CC(=O)O. The van der Waals surface area contributed by atoms with E-state index >= 15 is 0 Å². The summed E-state index contributed by atoms with van der Waals surface area (Å²) >= 11 is 3.34. The minimum absolute atomic E-state index is 0.0294. The smallest absolute Gasteiger partial charge is 0.311 e. The van der Waals surface area contributed by atoms with E-state index in [1.807, 2.05) is 4.57 Å². The molecule has 0 aliphatic heterocycles. The first-order valence-electron chi connectivity index (χ1n) is 4.42. The van der Waals surface area contributed by atoms with Gasteiger partial charge in [-0.2, -0.15) is 0 Å². The molecule has 14 heavy (non-hydrogen) atoms. The molecule has 0 radical (unpaired) electrons. The fraction of sp³-hybridized carbons (Fsp3) is 0.556. The van der Waals surface area contributed by atoms with Crippen LogP contribution in [0.25, 0.3) is 0 Å². The fourth-order valence-corrected chi connectivity index (χ4v) is 1.68. The summed E-state index contributed by atoms with van der Waals surface area (Å²) in [6.07, 6.45) is 1.61. The Bertz CT molecular complexity index is 334. The number of imidazole rings is 1. The lowest BCUT2D eigenvalue weighted by molar-refractivity contribution is -0.136. The monoisotopic (exact) mass is 260 g/mol. The van der Waals surface area contributed by atoms with E-state index in [1.54, 1.807) is 6.20 Å². The zero-order valence-electron chi connectivity index (χ0n) is 8.20. The molecule has 0 aromatic carbocycles. The van der Waals surface area contributed by atoms with Crippen molar-refractivity contribution < 1.29 is 9.90 Å². The van der Waals surface area contributed by atoms with Gasteiger partial charge < -0.3 is 9.67 Å². The van der Waals surface area contributed by atoms with Crippen molar-refractivity contribution in [3.8, 4) is 0 Å². The van der Waals surface area contributed by atoms with Gasteiger partial charge in [0.2, 0.25) is 0 Å².